The van der Waals surface area contributed by atoms with E-state index in [9.17, 15) is 18.0 Å². The fraction of sp³-hybridized carbons (Fsp3) is 0.333. The first-order chi connectivity index (χ1) is 11.4. The van der Waals surface area contributed by atoms with Crippen LogP contribution in [0.4, 0.5) is 24.5 Å². The summed E-state index contributed by atoms with van der Waals surface area (Å²) in [6.07, 6.45) is -3.59. The summed E-state index contributed by atoms with van der Waals surface area (Å²) in [5, 5.41) is 14.9. The number of aromatic amines is 1. The van der Waals surface area contributed by atoms with Gasteiger partial charge in [-0.15, -0.1) is 12.4 Å². The van der Waals surface area contributed by atoms with Crippen molar-refractivity contribution in [2.24, 2.45) is 0 Å². The highest BCUT2D eigenvalue weighted by molar-refractivity contribution is 6.05. The van der Waals surface area contributed by atoms with E-state index in [1.807, 2.05) is 0 Å². The quantitative estimate of drug-likeness (QED) is 0.662. The molecule has 1 aliphatic rings. The molecule has 0 spiro atoms. The number of hydrogen-bond donors (Lipinski definition) is 4. The molecule has 0 fully saturated rings. The van der Waals surface area contributed by atoms with Crippen molar-refractivity contribution in [3.05, 3.63) is 41.2 Å². The van der Waals surface area contributed by atoms with Gasteiger partial charge in [0.2, 0.25) is 0 Å². The first-order valence-corrected chi connectivity index (χ1v) is 7.42. The molecular formula is C15H17ClF3N5O. The van der Waals surface area contributed by atoms with E-state index in [-0.39, 0.29) is 29.5 Å². The van der Waals surface area contributed by atoms with Gasteiger partial charge in [-0.05, 0) is 12.1 Å². The predicted molar refractivity (Wildman–Crippen MR) is 90.2 cm³/mol. The zero-order valence-electron chi connectivity index (χ0n) is 13.0. The second-order valence-electron chi connectivity index (χ2n) is 5.42. The maximum atomic E-state index is 12.4. The van der Waals surface area contributed by atoms with Crippen LogP contribution in [0.2, 0.25) is 0 Å². The summed E-state index contributed by atoms with van der Waals surface area (Å²) in [6, 6.07) is 6.24. The molecule has 1 aromatic carbocycles. The molecule has 4 N–H and O–H groups in total. The molecule has 136 valence electrons. The molecule has 10 heteroatoms. The highest BCUT2D eigenvalue weighted by Crippen LogP contribution is 2.25. The average Bonchev–Trinajstić information content (AvgIpc) is 2.97. The van der Waals surface area contributed by atoms with Crippen LogP contribution in [0.5, 0.6) is 0 Å². The van der Waals surface area contributed by atoms with Crippen LogP contribution < -0.4 is 16.0 Å². The van der Waals surface area contributed by atoms with Crippen molar-refractivity contribution in [3.63, 3.8) is 0 Å². The lowest BCUT2D eigenvalue weighted by Crippen LogP contribution is -2.25. The first kappa shape index (κ1) is 19.1. The number of carbonyl (C=O) groups is 1. The van der Waals surface area contributed by atoms with Crippen molar-refractivity contribution >= 4 is 29.7 Å². The van der Waals surface area contributed by atoms with Crippen molar-refractivity contribution in [2.45, 2.75) is 19.1 Å². The zero-order valence-corrected chi connectivity index (χ0v) is 13.9. The Morgan fingerprint density at radius 2 is 1.96 bits per heavy atom. The van der Waals surface area contributed by atoms with Crippen LogP contribution in [-0.2, 0) is 13.0 Å². The summed E-state index contributed by atoms with van der Waals surface area (Å²) >= 11 is 0. The fourth-order valence-electron chi connectivity index (χ4n) is 2.54. The van der Waals surface area contributed by atoms with Crippen LogP contribution in [0.1, 0.15) is 21.7 Å². The number of alkyl halides is 3. The Kier molecular flexibility index (Phi) is 5.91. The van der Waals surface area contributed by atoms with Gasteiger partial charge in [0.05, 0.1) is 11.4 Å². The molecule has 0 saturated heterocycles. The molecule has 0 unspecified atom stereocenters. The van der Waals surface area contributed by atoms with E-state index in [0.717, 1.165) is 24.2 Å². The van der Waals surface area contributed by atoms with E-state index >= 15 is 0 Å². The highest BCUT2D eigenvalue weighted by Gasteiger charge is 2.27. The number of fused-ring (bicyclic) bond motifs is 1. The number of halogens is 4. The van der Waals surface area contributed by atoms with Crippen LogP contribution in [0, 0.1) is 0 Å². The third kappa shape index (κ3) is 4.64. The van der Waals surface area contributed by atoms with E-state index in [1.54, 1.807) is 12.1 Å². The van der Waals surface area contributed by atoms with Gasteiger partial charge in [0.25, 0.3) is 5.91 Å². The Bertz CT molecular complexity index is 747. The number of para-hydroxylation sites is 2. The standard InChI is InChI=1S/C15H16F3N5O.ClH/c16-15(17,18)8-20-11-3-1-2-4-12(11)21-14(24)13-9-7-19-6-5-10(9)22-23-13;/h1-4,19-20H,5-8H2,(H,21,24)(H,22,23);1H. The van der Waals surface area contributed by atoms with Crippen molar-refractivity contribution in [2.75, 3.05) is 23.7 Å². The molecule has 0 atom stereocenters. The molecule has 0 saturated carbocycles. The minimum absolute atomic E-state index is 0. The van der Waals surface area contributed by atoms with Gasteiger partial charge >= 0.3 is 6.18 Å². The minimum atomic E-state index is -4.34. The predicted octanol–water partition coefficient (Wildman–Crippen LogP) is 2.70. The number of amides is 1. The Morgan fingerprint density at radius 1 is 1.24 bits per heavy atom. The normalized spacial score (nSPS) is 13.6. The molecule has 6 nitrogen and oxygen atoms in total. The van der Waals surface area contributed by atoms with Crippen LogP contribution in [-0.4, -0.2) is 35.4 Å². The number of benzene rings is 1. The molecule has 2 heterocycles. The van der Waals surface area contributed by atoms with Gasteiger partial charge in [0.15, 0.2) is 5.69 Å². The van der Waals surface area contributed by atoms with Crippen molar-refractivity contribution in [1.82, 2.24) is 15.5 Å². The number of H-pyrrole nitrogens is 1. The monoisotopic (exact) mass is 375 g/mol. The first-order valence-electron chi connectivity index (χ1n) is 7.42. The molecule has 0 bridgehead atoms. The summed E-state index contributed by atoms with van der Waals surface area (Å²) in [5.74, 6) is -0.461. The molecule has 0 radical (unpaired) electrons. The maximum Gasteiger partial charge on any atom is 0.405 e. The fourth-order valence-corrected chi connectivity index (χ4v) is 2.54. The number of aromatic nitrogens is 2. The summed E-state index contributed by atoms with van der Waals surface area (Å²) in [6.45, 7) is 0.157. The van der Waals surface area contributed by atoms with Crippen LogP contribution in [0.15, 0.2) is 24.3 Å². The van der Waals surface area contributed by atoms with E-state index < -0.39 is 18.6 Å². The van der Waals surface area contributed by atoms with E-state index in [2.05, 4.69) is 26.1 Å². The lowest BCUT2D eigenvalue weighted by atomic mass is 10.1. The largest absolute Gasteiger partial charge is 0.405 e. The average molecular weight is 376 g/mol. The smallest absolute Gasteiger partial charge is 0.375 e. The van der Waals surface area contributed by atoms with Gasteiger partial charge in [-0.25, -0.2) is 0 Å². The zero-order chi connectivity index (χ0) is 17.2. The van der Waals surface area contributed by atoms with Gasteiger partial charge in [-0.2, -0.15) is 18.3 Å². The van der Waals surface area contributed by atoms with Gasteiger partial charge in [-0.3, -0.25) is 9.89 Å². The third-order valence-electron chi connectivity index (χ3n) is 3.68. The van der Waals surface area contributed by atoms with Crippen molar-refractivity contribution < 1.29 is 18.0 Å². The Morgan fingerprint density at radius 3 is 2.68 bits per heavy atom. The number of anilines is 2. The maximum absolute atomic E-state index is 12.4. The molecular weight excluding hydrogens is 359 g/mol. The Labute approximate surface area is 148 Å². The van der Waals surface area contributed by atoms with Gasteiger partial charge < -0.3 is 16.0 Å². The van der Waals surface area contributed by atoms with Crippen molar-refractivity contribution in [1.29, 1.82) is 0 Å². The van der Waals surface area contributed by atoms with E-state index in [4.69, 9.17) is 0 Å². The van der Waals surface area contributed by atoms with Gasteiger partial charge in [0.1, 0.15) is 6.54 Å². The number of hydrogen-bond acceptors (Lipinski definition) is 4. The second-order valence-corrected chi connectivity index (χ2v) is 5.42. The van der Waals surface area contributed by atoms with Crippen molar-refractivity contribution in [3.8, 4) is 0 Å². The lowest BCUT2D eigenvalue weighted by molar-refractivity contribution is -0.115. The summed E-state index contributed by atoms with van der Waals surface area (Å²) in [5.41, 5.74) is 2.42. The molecule has 3 rings (SSSR count). The highest BCUT2D eigenvalue weighted by atomic mass is 35.5. The number of carbonyl (C=O) groups excluding carboxylic acids is 1. The molecule has 1 aliphatic heterocycles. The minimum Gasteiger partial charge on any atom is -0.375 e. The molecule has 2 aromatic rings. The third-order valence-corrected chi connectivity index (χ3v) is 3.68. The number of nitrogens with zero attached hydrogens (tertiary/aromatic N) is 1. The van der Waals surface area contributed by atoms with Gasteiger partial charge in [0, 0.05) is 30.8 Å². The van der Waals surface area contributed by atoms with Crippen LogP contribution >= 0.6 is 12.4 Å². The van der Waals surface area contributed by atoms with E-state index in [0.29, 0.717) is 6.54 Å². The Hall–Kier alpha value is -2.26. The summed E-state index contributed by atoms with van der Waals surface area (Å²) in [7, 11) is 0. The molecule has 1 amide bonds. The molecule has 25 heavy (non-hydrogen) atoms. The SMILES string of the molecule is Cl.O=C(Nc1ccccc1NCC(F)(F)F)c1n[nH]c2c1CNCC2. The molecule has 1 aromatic heterocycles. The topological polar surface area (TPSA) is 81.8 Å². The Balaban J connectivity index is 0.00000225. The van der Waals surface area contributed by atoms with Gasteiger partial charge in [-0.1, -0.05) is 12.1 Å². The second kappa shape index (κ2) is 7.75. The van der Waals surface area contributed by atoms with Crippen LogP contribution in [0.25, 0.3) is 0 Å². The number of rotatable bonds is 4. The van der Waals surface area contributed by atoms with Crippen LogP contribution in [0.3, 0.4) is 0 Å². The number of nitrogens with one attached hydrogen (secondary N) is 4. The molecule has 0 aliphatic carbocycles. The summed E-state index contributed by atoms with van der Waals surface area (Å²) in [4.78, 5) is 12.4. The summed E-state index contributed by atoms with van der Waals surface area (Å²) < 4.78 is 37.1. The lowest BCUT2D eigenvalue weighted by Gasteiger charge is -2.15. The van der Waals surface area contributed by atoms with E-state index in [1.165, 1.54) is 12.1 Å².